The van der Waals surface area contributed by atoms with Crippen LogP contribution < -0.4 is 10.9 Å². The third-order valence-corrected chi connectivity index (χ3v) is 4.52. The molecule has 0 radical (unpaired) electrons. The van der Waals surface area contributed by atoms with E-state index in [1.807, 2.05) is 6.07 Å². The van der Waals surface area contributed by atoms with E-state index in [1.54, 1.807) is 6.07 Å². The molecule has 2 N–H and O–H groups in total. The van der Waals surface area contributed by atoms with Crippen LogP contribution in [0.4, 0.5) is 0 Å². The van der Waals surface area contributed by atoms with Gasteiger partial charge in [0.2, 0.25) is 5.56 Å². The molecule has 1 saturated heterocycles. The van der Waals surface area contributed by atoms with Crippen LogP contribution in [-0.4, -0.2) is 41.5 Å². The van der Waals surface area contributed by atoms with Gasteiger partial charge in [-0.25, -0.2) is 0 Å². The fourth-order valence-electron chi connectivity index (χ4n) is 3.19. The van der Waals surface area contributed by atoms with E-state index >= 15 is 0 Å². The lowest BCUT2D eigenvalue weighted by molar-refractivity contribution is 0.0937. The van der Waals surface area contributed by atoms with E-state index in [0.717, 1.165) is 19.5 Å². The van der Waals surface area contributed by atoms with Crippen molar-refractivity contribution in [3.8, 4) is 0 Å². The zero-order valence-corrected chi connectivity index (χ0v) is 13.7. The van der Waals surface area contributed by atoms with Crippen LogP contribution in [0.1, 0.15) is 28.8 Å². The van der Waals surface area contributed by atoms with Crippen LogP contribution in [0.25, 0.3) is 0 Å². The summed E-state index contributed by atoms with van der Waals surface area (Å²) in [5.74, 6) is -0.150. The molecule has 24 heavy (non-hydrogen) atoms. The van der Waals surface area contributed by atoms with E-state index in [9.17, 15) is 9.59 Å². The van der Waals surface area contributed by atoms with Gasteiger partial charge in [0.05, 0.1) is 5.56 Å². The highest BCUT2D eigenvalue weighted by Crippen LogP contribution is 2.15. The Labute approximate surface area is 141 Å². The Kier molecular flexibility index (Phi) is 5.43. The zero-order valence-electron chi connectivity index (χ0n) is 13.7. The van der Waals surface area contributed by atoms with Crippen LogP contribution in [0, 0.1) is 0 Å². The van der Waals surface area contributed by atoms with E-state index < -0.39 is 0 Å². The van der Waals surface area contributed by atoms with E-state index in [1.165, 1.54) is 30.7 Å². The highest BCUT2D eigenvalue weighted by Gasteiger charge is 2.22. The summed E-state index contributed by atoms with van der Waals surface area (Å²) in [5, 5.41) is 3.01. The van der Waals surface area contributed by atoms with Gasteiger partial charge in [0.15, 0.2) is 0 Å². The fraction of sp³-hybridized carbons (Fsp3) is 0.368. The number of benzene rings is 1. The molecule has 1 amide bonds. The highest BCUT2D eigenvalue weighted by molar-refractivity contribution is 5.93. The summed E-state index contributed by atoms with van der Waals surface area (Å²) >= 11 is 0. The zero-order chi connectivity index (χ0) is 16.8. The molecular formula is C19H23N3O2. The van der Waals surface area contributed by atoms with E-state index in [4.69, 9.17) is 0 Å². The summed E-state index contributed by atoms with van der Waals surface area (Å²) in [5.41, 5.74) is 1.56. The number of aromatic amines is 1. The van der Waals surface area contributed by atoms with Crippen molar-refractivity contribution >= 4 is 5.91 Å². The van der Waals surface area contributed by atoms with Gasteiger partial charge in [0.25, 0.3) is 5.91 Å². The van der Waals surface area contributed by atoms with Gasteiger partial charge >= 0.3 is 0 Å². The minimum atomic E-state index is -0.203. The fourth-order valence-corrected chi connectivity index (χ4v) is 3.19. The van der Waals surface area contributed by atoms with Gasteiger partial charge in [-0.3, -0.25) is 14.5 Å². The van der Waals surface area contributed by atoms with Crippen LogP contribution in [0.15, 0.2) is 53.5 Å². The summed E-state index contributed by atoms with van der Waals surface area (Å²) < 4.78 is 0. The summed E-state index contributed by atoms with van der Waals surface area (Å²) in [6, 6.07) is 13.6. The van der Waals surface area contributed by atoms with Crippen LogP contribution in [0.2, 0.25) is 0 Å². The number of carbonyl (C=O) groups is 1. The average Bonchev–Trinajstić information content (AvgIpc) is 3.14. The van der Waals surface area contributed by atoms with Crippen molar-refractivity contribution < 1.29 is 4.79 Å². The minimum Gasteiger partial charge on any atom is -0.350 e. The molecule has 3 rings (SSSR count). The number of carbonyl (C=O) groups excluding carboxylic acids is 1. The van der Waals surface area contributed by atoms with Gasteiger partial charge in [0, 0.05) is 24.8 Å². The number of rotatable bonds is 6. The van der Waals surface area contributed by atoms with Crippen LogP contribution in [-0.2, 0) is 6.42 Å². The third kappa shape index (κ3) is 4.32. The molecule has 1 aliphatic heterocycles. The number of pyridine rings is 1. The molecule has 0 spiro atoms. The smallest absolute Gasteiger partial charge is 0.252 e. The highest BCUT2D eigenvalue weighted by atomic mass is 16.1. The minimum absolute atomic E-state index is 0.150. The van der Waals surface area contributed by atoms with Gasteiger partial charge in [-0.15, -0.1) is 0 Å². The number of likely N-dealkylation sites (tertiary alicyclic amines) is 1. The lowest BCUT2D eigenvalue weighted by Gasteiger charge is -2.28. The predicted molar refractivity (Wildman–Crippen MR) is 94.1 cm³/mol. The average molecular weight is 325 g/mol. The van der Waals surface area contributed by atoms with E-state index in [0.29, 0.717) is 18.2 Å². The monoisotopic (exact) mass is 325 g/mol. The van der Waals surface area contributed by atoms with Gasteiger partial charge < -0.3 is 10.3 Å². The van der Waals surface area contributed by atoms with Gasteiger partial charge in [0.1, 0.15) is 0 Å². The topological polar surface area (TPSA) is 65.2 Å². The second-order valence-corrected chi connectivity index (χ2v) is 6.24. The molecule has 5 heteroatoms. The molecule has 5 nitrogen and oxygen atoms in total. The number of hydrogen-bond acceptors (Lipinski definition) is 3. The Balaban J connectivity index is 1.64. The molecule has 126 valence electrons. The molecule has 0 bridgehead atoms. The molecule has 1 atom stereocenters. The molecule has 2 aromatic rings. The van der Waals surface area contributed by atoms with Crippen LogP contribution in [0.5, 0.6) is 0 Å². The maximum absolute atomic E-state index is 12.3. The van der Waals surface area contributed by atoms with Crippen molar-refractivity contribution in [2.45, 2.75) is 25.3 Å². The molecule has 2 heterocycles. The van der Waals surface area contributed by atoms with E-state index in [-0.39, 0.29) is 11.5 Å². The number of H-pyrrole nitrogens is 1. The summed E-state index contributed by atoms with van der Waals surface area (Å²) in [6.07, 6.45) is 4.82. The lowest BCUT2D eigenvalue weighted by Crippen LogP contribution is -2.44. The van der Waals surface area contributed by atoms with Crippen molar-refractivity contribution in [3.63, 3.8) is 0 Å². The van der Waals surface area contributed by atoms with Crippen LogP contribution >= 0.6 is 0 Å². The Morgan fingerprint density at radius 3 is 2.54 bits per heavy atom. The largest absolute Gasteiger partial charge is 0.350 e. The predicted octanol–water partition coefficient (Wildman–Crippen LogP) is 1.81. The second-order valence-electron chi connectivity index (χ2n) is 6.24. The molecule has 1 aliphatic rings. The van der Waals surface area contributed by atoms with Crippen molar-refractivity contribution in [2.24, 2.45) is 0 Å². The SMILES string of the molecule is O=C(NCC(Cc1ccccc1)N1CCCC1)c1ccc(=O)[nH]c1. The van der Waals surface area contributed by atoms with Crippen molar-refractivity contribution in [1.29, 1.82) is 0 Å². The van der Waals surface area contributed by atoms with Crippen molar-refractivity contribution in [3.05, 3.63) is 70.1 Å². The first-order valence-electron chi connectivity index (χ1n) is 8.47. The molecule has 1 aromatic heterocycles. The Morgan fingerprint density at radius 1 is 1.12 bits per heavy atom. The Bertz CT molecular complexity index is 700. The number of nitrogens with one attached hydrogen (secondary N) is 2. The van der Waals surface area contributed by atoms with Crippen LogP contribution in [0.3, 0.4) is 0 Å². The first-order chi connectivity index (χ1) is 11.7. The number of hydrogen-bond donors (Lipinski definition) is 2. The summed E-state index contributed by atoms with van der Waals surface area (Å²) in [7, 11) is 0. The molecule has 0 aliphatic carbocycles. The first-order valence-corrected chi connectivity index (χ1v) is 8.47. The van der Waals surface area contributed by atoms with Crippen molar-refractivity contribution in [2.75, 3.05) is 19.6 Å². The normalized spacial score (nSPS) is 16.0. The molecule has 1 unspecified atom stereocenters. The van der Waals surface area contributed by atoms with Gasteiger partial charge in [-0.1, -0.05) is 30.3 Å². The van der Waals surface area contributed by atoms with E-state index in [2.05, 4.69) is 39.5 Å². The summed E-state index contributed by atoms with van der Waals surface area (Å²) in [4.78, 5) is 28.4. The number of aromatic nitrogens is 1. The molecule has 1 fully saturated rings. The maximum atomic E-state index is 12.3. The maximum Gasteiger partial charge on any atom is 0.252 e. The quantitative estimate of drug-likeness (QED) is 0.851. The Hall–Kier alpha value is -2.40. The standard InChI is InChI=1S/C19H23N3O2/c23-18-9-8-16(13-20-18)19(24)21-14-17(22-10-4-5-11-22)12-15-6-2-1-3-7-15/h1-3,6-9,13,17H,4-5,10-12,14H2,(H,20,23)(H,21,24). The third-order valence-electron chi connectivity index (χ3n) is 4.52. The summed E-state index contributed by atoms with van der Waals surface area (Å²) in [6.45, 7) is 2.78. The van der Waals surface area contributed by atoms with Gasteiger partial charge in [-0.05, 0) is 44.0 Å². The lowest BCUT2D eigenvalue weighted by atomic mass is 10.0. The number of nitrogens with zero attached hydrogens (tertiary/aromatic N) is 1. The first kappa shape index (κ1) is 16.5. The van der Waals surface area contributed by atoms with Gasteiger partial charge in [-0.2, -0.15) is 0 Å². The Morgan fingerprint density at radius 2 is 1.88 bits per heavy atom. The second kappa shape index (κ2) is 7.93. The molecular weight excluding hydrogens is 302 g/mol. The number of amides is 1. The molecule has 1 aromatic carbocycles. The molecule has 0 saturated carbocycles. The van der Waals surface area contributed by atoms with Crippen molar-refractivity contribution in [1.82, 2.24) is 15.2 Å².